The van der Waals surface area contributed by atoms with Crippen LogP contribution in [0.15, 0.2) is 24.3 Å². The van der Waals surface area contributed by atoms with E-state index in [1.54, 1.807) is 18.2 Å². The maximum absolute atomic E-state index is 10.3. The van der Waals surface area contributed by atoms with Gasteiger partial charge in [0.15, 0.2) is 0 Å². The third-order valence-electron chi connectivity index (χ3n) is 2.40. The van der Waals surface area contributed by atoms with Crippen LogP contribution in [0.25, 0.3) is 0 Å². The van der Waals surface area contributed by atoms with Gasteiger partial charge in [0.1, 0.15) is 20.6 Å². The number of carbonyl (C=O) groups is 1. The second kappa shape index (κ2) is 9.53. The first-order valence-electron chi connectivity index (χ1n) is 6.04. The zero-order valence-electron chi connectivity index (χ0n) is 11.4. The summed E-state index contributed by atoms with van der Waals surface area (Å²) in [5, 5.41) is 17.8. The fourth-order valence-electron chi connectivity index (χ4n) is 1.39. The van der Waals surface area contributed by atoms with Crippen molar-refractivity contribution in [3.63, 3.8) is 0 Å². The molecule has 0 radical (unpaired) electrons. The van der Waals surface area contributed by atoms with Gasteiger partial charge in [0, 0.05) is 11.1 Å². The van der Waals surface area contributed by atoms with Gasteiger partial charge in [0.05, 0.1) is 18.9 Å². The first-order chi connectivity index (χ1) is 10.8. The molecule has 0 saturated heterocycles. The first-order valence-corrected chi connectivity index (χ1v) is 7.55. The van der Waals surface area contributed by atoms with Crippen LogP contribution in [-0.2, 0) is 17.6 Å². The van der Waals surface area contributed by atoms with Crippen molar-refractivity contribution in [2.24, 2.45) is 0 Å². The lowest BCUT2D eigenvalue weighted by Crippen LogP contribution is -2.01. The van der Waals surface area contributed by atoms with E-state index in [1.807, 2.05) is 6.07 Å². The van der Waals surface area contributed by atoms with Crippen LogP contribution in [0.1, 0.15) is 11.1 Å². The summed E-state index contributed by atoms with van der Waals surface area (Å²) in [6.07, 6.45) is 0.131. The number of hydrogen-bond donors (Lipinski definition) is 1. The lowest BCUT2D eigenvalue weighted by Gasteiger charge is -1.99. The first kappa shape index (κ1) is 19.5. The molecule has 0 amide bonds. The molecule has 0 fully saturated rings. The summed E-state index contributed by atoms with van der Waals surface area (Å²) in [7, 11) is 0. The minimum atomic E-state index is -0.943. The highest BCUT2D eigenvalue weighted by Gasteiger charge is 2.06. The monoisotopic (exact) mass is 391 g/mol. The largest absolute Gasteiger partial charge is 0.481 e. The van der Waals surface area contributed by atoms with Crippen molar-refractivity contribution in [1.82, 2.24) is 9.97 Å². The summed E-state index contributed by atoms with van der Waals surface area (Å²) in [5.41, 5.74) is 1.17. The minimum Gasteiger partial charge on any atom is -0.481 e. The van der Waals surface area contributed by atoms with Gasteiger partial charge in [0.2, 0.25) is 0 Å². The second-order valence-electron chi connectivity index (χ2n) is 4.07. The quantitative estimate of drug-likeness (QED) is 0.778. The molecule has 0 spiro atoms. The Kier molecular flexibility index (Phi) is 8.07. The predicted molar refractivity (Wildman–Crippen MR) is 89.2 cm³/mol. The number of pyridine rings is 2. The number of carboxylic acid groups (broad SMARTS) is 1. The van der Waals surface area contributed by atoms with E-state index in [4.69, 9.17) is 56.8 Å². The molecule has 23 heavy (non-hydrogen) atoms. The van der Waals surface area contributed by atoms with Gasteiger partial charge in [-0.05, 0) is 12.1 Å². The molecule has 1 N–H and O–H groups in total. The lowest BCUT2D eigenvalue weighted by molar-refractivity contribution is -0.136. The number of rotatable bonds is 3. The Bertz CT molecular complexity index is 747. The Morgan fingerprint density at radius 3 is 1.87 bits per heavy atom. The summed E-state index contributed by atoms with van der Waals surface area (Å²) in [4.78, 5) is 17.8. The Labute approximate surface area is 152 Å². The van der Waals surface area contributed by atoms with Crippen LogP contribution in [-0.4, -0.2) is 21.0 Å². The van der Waals surface area contributed by atoms with Gasteiger partial charge in [-0.25, -0.2) is 9.97 Å². The summed E-state index contributed by atoms with van der Waals surface area (Å²) in [6.45, 7) is 0. The van der Waals surface area contributed by atoms with Crippen LogP contribution < -0.4 is 0 Å². The summed E-state index contributed by atoms with van der Waals surface area (Å²) < 4.78 is 0. The molecule has 9 heteroatoms. The molecule has 2 heterocycles. The van der Waals surface area contributed by atoms with E-state index in [-0.39, 0.29) is 23.1 Å². The standard InChI is InChI=1S/C7H4Cl2N2.C7H5Cl2NO2/c8-6-2-1-5(3-4-10)7(9)11-6;8-5-2-1-4(3-6(11)12)7(9)10-5/h1-2H,3H2;1-2H,3H2,(H,11,12). The van der Waals surface area contributed by atoms with E-state index in [9.17, 15) is 4.79 Å². The maximum Gasteiger partial charge on any atom is 0.307 e. The Morgan fingerprint density at radius 2 is 1.48 bits per heavy atom. The second-order valence-corrected chi connectivity index (χ2v) is 5.56. The predicted octanol–water partition coefficient (Wildman–Crippen LogP) is 4.47. The third kappa shape index (κ3) is 7.02. The molecule has 2 rings (SSSR count). The van der Waals surface area contributed by atoms with E-state index in [1.165, 1.54) is 6.07 Å². The van der Waals surface area contributed by atoms with E-state index in [2.05, 4.69) is 9.97 Å². The third-order valence-corrected chi connectivity index (χ3v) is 3.47. The van der Waals surface area contributed by atoms with Crippen LogP contribution >= 0.6 is 46.4 Å². The molecule has 0 aliphatic rings. The number of aliphatic carboxylic acids is 1. The van der Waals surface area contributed by atoms with Crippen molar-refractivity contribution in [3.05, 3.63) is 56.0 Å². The normalized spacial score (nSPS) is 9.52. The Balaban J connectivity index is 0.000000231. The SMILES string of the molecule is N#CCc1ccc(Cl)nc1Cl.O=C(O)Cc1ccc(Cl)nc1Cl. The minimum absolute atomic E-state index is 0.136. The van der Waals surface area contributed by atoms with Crippen molar-refractivity contribution in [3.8, 4) is 6.07 Å². The zero-order chi connectivity index (χ0) is 17.4. The molecule has 2 aromatic heterocycles. The molecule has 0 aliphatic heterocycles. The summed E-state index contributed by atoms with van der Waals surface area (Å²) in [5.74, 6) is -0.943. The molecule has 2 aromatic rings. The molecule has 0 atom stereocenters. The maximum atomic E-state index is 10.3. The van der Waals surface area contributed by atoms with Crippen LogP contribution in [0.3, 0.4) is 0 Å². The van der Waals surface area contributed by atoms with Gasteiger partial charge in [-0.2, -0.15) is 5.26 Å². The number of nitriles is 1. The van der Waals surface area contributed by atoms with Crippen LogP contribution in [0.5, 0.6) is 0 Å². The molecule has 0 aromatic carbocycles. The topological polar surface area (TPSA) is 86.9 Å². The van der Waals surface area contributed by atoms with Gasteiger partial charge < -0.3 is 5.11 Å². The highest BCUT2D eigenvalue weighted by Crippen LogP contribution is 2.17. The molecule has 0 bridgehead atoms. The zero-order valence-corrected chi connectivity index (χ0v) is 14.5. The highest BCUT2D eigenvalue weighted by atomic mass is 35.5. The van der Waals surface area contributed by atoms with Gasteiger partial charge in [-0.3, -0.25) is 4.79 Å². The average Bonchev–Trinajstić information content (AvgIpc) is 2.46. The molecule has 120 valence electrons. The molecule has 5 nitrogen and oxygen atoms in total. The van der Waals surface area contributed by atoms with Crippen molar-refractivity contribution in [2.45, 2.75) is 12.8 Å². The fraction of sp³-hybridized carbons (Fsp3) is 0.143. The average molecular weight is 393 g/mol. The summed E-state index contributed by atoms with van der Waals surface area (Å²) in [6, 6.07) is 8.34. The van der Waals surface area contributed by atoms with Crippen molar-refractivity contribution >= 4 is 52.4 Å². The Hall–Kier alpha value is -1.58. The molecule has 0 saturated carbocycles. The number of nitrogens with zero attached hydrogens (tertiary/aromatic N) is 3. The Morgan fingerprint density at radius 1 is 1.00 bits per heavy atom. The molecule has 0 unspecified atom stereocenters. The van der Waals surface area contributed by atoms with Crippen molar-refractivity contribution < 1.29 is 9.90 Å². The van der Waals surface area contributed by atoms with Crippen molar-refractivity contribution in [1.29, 1.82) is 5.26 Å². The molecular formula is C14H9Cl4N3O2. The van der Waals surface area contributed by atoms with Crippen LogP contribution in [0, 0.1) is 11.3 Å². The van der Waals surface area contributed by atoms with E-state index < -0.39 is 5.97 Å². The fourth-order valence-corrected chi connectivity index (χ4v) is 2.22. The number of halogens is 4. The van der Waals surface area contributed by atoms with Gasteiger partial charge in [0.25, 0.3) is 0 Å². The number of aromatic nitrogens is 2. The molecular weight excluding hydrogens is 384 g/mol. The van der Waals surface area contributed by atoms with Crippen LogP contribution in [0.4, 0.5) is 0 Å². The van der Waals surface area contributed by atoms with Gasteiger partial charge in [-0.1, -0.05) is 58.5 Å². The van der Waals surface area contributed by atoms with E-state index in [0.29, 0.717) is 21.4 Å². The van der Waals surface area contributed by atoms with E-state index in [0.717, 1.165) is 0 Å². The molecule has 0 aliphatic carbocycles. The van der Waals surface area contributed by atoms with Gasteiger partial charge >= 0.3 is 5.97 Å². The smallest absolute Gasteiger partial charge is 0.307 e. The summed E-state index contributed by atoms with van der Waals surface area (Å²) >= 11 is 22.3. The number of hydrogen-bond acceptors (Lipinski definition) is 4. The van der Waals surface area contributed by atoms with Crippen molar-refractivity contribution in [2.75, 3.05) is 0 Å². The highest BCUT2D eigenvalue weighted by molar-refractivity contribution is 6.33. The van der Waals surface area contributed by atoms with Crippen LogP contribution in [0.2, 0.25) is 20.6 Å². The van der Waals surface area contributed by atoms with E-state index >= 15 is 0 Å². The van der Waals surface area contributed by atoms with Gasteiger partial charge in [-0.15, -0.1) is 0 Å². The number of carboxylic acids is 1. The lowest BCUT2D eigenvalue weighted by atomic mass is 10.2.